The van der Waals surface area contributed by atoms with E-state index in [4.69, 9.17) is 5.26 Å². The molecule has 0 bridgehead atoms. The highest BCUT2D eigenvalue weighted by molar-refractivity contribution is 9.10. The van der Waals surface area contributed by atoms with E-state index >= 15 is 0 Å². The number of nitrogens with zero attached hydrogens (tertiary/aromatic N) is 2. The van der Waals surface area contributed by atoms with Gasteiger partial charge in [-0.05, 0) is 32.0 Å². The van der Waals surface area contributed by atoms with Gasteiger partial charge >= 0.3 is 0 Å². The van der Waals surface area contributed by atoms with E-state index in [1.807, 2.05) is 24.3 Å². The molecule has 2 nitrogen and oxygen atoms in total. The Morgan fingerprint density at radius 1 is 1.50 bits per heavy atom. The van der Waals surface area contributed by atoms with Crippen LogP contribution in [0.1, 0.15) is 19.4 Å². The molecule has 3 heteroatoms. The first-order valence-electron chi connectivity index (χ1n) is 5.16. The predicted octanol–water partition coefficient (Wildman–Crippen LogP) is 3.72. The molecular formula is C13H15BrN2. The van der Waals surface area contributed by atoms with Crippen LogP contribution in [0.15, 0.2) is 35.3 Å². The zero-order valence-electron chi connectivity index (χ0n) is 9.57. The average Bonchev–Trinajstić information content (AvgIpc) is 2.24. The van der Waals surface area contributed by atoms with Crippen molar-refractivity contribution in [1.29, 1.82) is 5.26 Å². The first kappa shape index (κ1) is 12.8. The minimum Gasteiger partial charge on any atom is -0.365 e. The smallest absolute Gasteiger partial charge is 0.0992 e. The van der Waals surface area contributed by atoms with Gasteiger partial charge in [-0.15, -0.1) is 6.58 Å². The number of anilines is 1. The molecule has 0 N–H and O–H groups in total. The lowest BCUT2D eigenvalue weighted by atomic mass is 10.1. The van der Waals surface area contributed by atoms with Crippen molar-refractivity contribution in [3.63, 3.8) is 0 Å². The van der Waals surface area contributed by atoms with Gasteiger partial charge < -0.3 is 4.90 Å². The maximum absolute atomic E-state index is 8.93. The highest BCUT2D eigenvalue weighted by atomic mass is 79.9. The van der Waals surface area contributed by atoms with Crippen molar-refractivity contribution in [2.24, 2.45) is 0 Å². The van der Waals surface area contributed by atoms with E-state index in [1.165, 1.54) is 0 Å². The largest absolute Gasteiger partial charge is 0.365 e. The molecule has 0 spiro atoms. The van der Waals surface area contributed by atoms with E-state index in [9.17, 15) is 0 Å². The molecule has 0 atom stereocenters. The van der Waals surface area contributed by atoms with Crippen molar-refractivity contribution >= 4 is 21.6 Å². The van der Waals surface area contributed by atoms with Crippen LogP contribution in [-0.2, 0) is 0 Å². The van der Waals surface area contributed by atoms with E-state index in [2.05, 4.69) is 47.3 Å². The lowest BCUT2D eigenvalue weighted by Crippen LogP contribution is -2.30. The fraction of sp³-hybridized carbons (Fsp3) is 0.308. The zero-order chi connectivity index (χ0) is 12.1. The van der Waals surface area contributed by atoms with Gasteiger partial charge in [-0.1, -0.05) is 22.0 Å². The SMILES string of the molecule is C=CCN(c1cc(Br)cc(C#N)c1)C(C)C. The molecule has 1 aromatic rings. The van der Waals surface area contributed by atoms with Gasteiger partial charge in [0.25, 0.3) is 0 Å². The quantitative estimate of drug-likeness (QED) is 0.785. The number of nitriles is 1. The number of benzene rings is 1. The highest BCUT2D eigenvalue weighted by Gasteiger charge is 2.10. The van der Waals surface area contributed by atoms with Crippen molar-refractivity contribution in [3.05, 3.63) is 40.9 Å². The number of hydrogen-bond acceptors (Lipinski definition) is 2. The first-order chi connectivity index (χ1) is 7.58. The first-order valence-corrected chi connectivity index (χ1v) is 5.96. The molecular weight excluding hydrogens is 264 g/mol. The maximum atomic E-state index is 8.93. The topological polar surface area (TPSA) is 27.0 Å². The second-order valence-electron chi connectivity index (χ2n) is 3.84. The molecule has 84 valence electrons. The zero-order valence-corrected chi connectivity index (χ0v) is 11.2. The highest BCUT2D eigenvalue weighted by Crippen LogP contribution is 2.24. The Labute approximate surface area is 105 Å². The van der Waals surface area contributed by atoms with Gasteiger partial charge in [0.05, 0.1) is 11.6 Å². The fourth-order valence-corrected chi connectivity index (χ4v) is 2.04. The molecule has 0 saturated carbocycles. The summed E-state index contributed by atoms with van der Waals surface area (Å²) in [7, 11) is 0. The third-order valence-electron chi connectivity index (χ3n) is 2.29. The van der Waals surface area contributed by atoms with Crippen LogP contribution in [0.3, 0.4) is 0 Å². The van der Waals surface area contributed by atoms with E-state index < -0.39 is 0 Å². The van der Waals surface area contributed by atoms with E-state index in [0.29, 0.717) is 11.6 Å². The van der Waals surface area contributed by atoms with Crippen molar-refractivity contribution in [3.8, 4) is 6.07 Å². The van der Waals surface area contributed by atoms with Gasteiger partial charge in [0.15, 0.2) is 0 Å². The van der Waals surface area contributed by atoms with E-state index in [0.717, 1.165) is 16.7 Å². The molecule has 0 radical (unpaired) electrons. The second kappa shape index (κ2) is 5.72. The van der Waals surface area contributed by atoms with Crippen LogP contribution in [0, 0.1) is 11.3 Å². The maximum Gasteiger partial charge on any atom is 0.0992 e. The van der Waals surface area contributed by atoms with Crippen molar-refractivity contribution < 1.29 is 0 Å². The van der Waals surface area contributed by atoms with Gasteiger partial charge in [0, 0.05) is 22.7 Å². The van der Waals surface area contributed by atoms with Crippen LogP contribution in [0.5, 0.6) is 0 Å². The van der Waals surface area contributed by atoms with E-state index in [1.54, 1.807) is 0 Å². The fourth-order valence-electron chi connectivity index (χ4n) is 1.56. The van der Waals surface area contributed by atoms with Crippen molar-refractivity contribution in [1.82, 2.24) is 0 Å². The van der Waals surface area contributed by atoms with E-state index in [-0.39, 0.29) is 0 Å². The Hall–Kier alpha value is -1.27. The van der Waals surface area contributed by atoms with Gasteiger partial charge in [-0.2, -0.15) is 5.26 Å². The number of hydrogen-bond donors (Lipinski definition) is 0. The summed E-state index contributed by atoms with van der Waals surface area (Å²) in [6, 6.07) is 8.27. The number of halogens is 1. The van der Waals surface area contributed by atoms with Crippen LogP contribution in [0.2, 0.25) is 0 Å². The molecule has 0 aliphatic rings. The monoisotopic (exact) mass is 278 g/mol. The van der Waals surface area contributed by atoms with Crippen molar-refractivity contribution in [2.45, 2.75) is 19.9 Å². The third-order valence-corrected chi connectivity index (χ3v) is 2.75. The Balaban J connectivity index is 3.14. The second-order valence-corrected chi connectivity index (χ2v) is 4.76. The minimum absolute atomic E-state index is 0.374. The summed E-state index contributed by atoms with van der Waals surface area (Å²) in [6.07, 6.45) is 1.87. The van der Waals surface area contributed by atoms with Gasteiger partial charge in [-0.25, -0.2) is 0 Å². The molecule has 0 aliphatic carbocycles. The van der Waals surface area contributed by atoms with Crippen LogP contribution >= 0.6 is 15.9 Å². The molecule has 0 unspecified atom stereocenters. The summed E-state index contributed by atoms with van der Waals surface area (Å²) in [5.41, 5.74) is 1.71. The molecule has 1 rings (SSSR count). The normalized spacial score (nSPS) is 9.94. The molecule has 0 saturated heterocycles. The molecule has 16 heavy (non-hydrogen) atoms. The molecule has 0 heterocycles. The van der Waals surface area contributed by atoms with Gasteiger partial charge in [0.1, 0.15) is 0 Å². The van der Waals surface area contributed by atoms with Crippen LogP contribution in [0.4, 0.5) is 5.69 Å². The third kappa shape index (κ3) is 3.11. The predicted molar refractivity (Wildman–Crippen MR) is 71.5 cm³/mol. The Morgan fingerprint density at radius 2 is 2.19 bits per heavy atom. The minimum atomic E-state index is 0.374. The Kier molecular flexibility index (Phi) is 4.57. The summed E-state index contributed by atoms with van der Waals surface area (Å²) in [5, 5.41) is 8.93. The molecule has 0 fully saturated rings. The average molecular weight is 279 g/mol. The summed E-state index contributed by atoms with van der Waals surface area (Å²) in [4.78, 5) is 2.19. The Morgan fingerprint density at radius 3 is 2.69 bits per heavy atom. The van der Waals surface area contributed by atoms with Gasteiger partial charge in [0.2, 0.25) is 0 Å². The summed E-state index contributed by atoms with van der Waals surface area (Å²) >= 11 is 3.42. The molecule has 1 aromatic carbocycles. The van der Waals surface area contributed by atoms with Crippen LogP contribution < -0.4 is 4.90 Å². The standard InChI is InChI=1S/C13H15BrN2/c1-4-5-16(10(2)3)13-7-11(9-15)6-12(14)8-13/h4,6-8,10H,1,5H2,2-3H3. The Bertz CT molecular complexity index is 418. The molecule has 0 aromatic heterocycles. The number of rotatable bonds is 4. The summed E-state index contributed by atoms with van der Waals surface area (Å²) < 4.78 is 0.927. The molecule has 0 amide bonds. The molecule has 0 aliphatic heterocycles. The van der Waals surface area contributed by atoms with Crippen LogP contribution in [-0.4, -0.2) is 12.6 Å². The summed E-state index contributed by atoms with van der Waals surface area (Å²) in [5.74, 6) is 0. The van der Waals surface area contributed by atoms with Gasteiger partial charge in [-0.3, -0.25) is 0 Å². The lowest BCUT2D eigenvalue weighted by molar-refractivity contribution is 0.723. The van der Waals surface area contributed by atoms with Crippen molar-refractivity contribution in [2.75, 3.05) is 11.4 Å². The van der Waals surface area contributed by atoms with Crippen LogP contribution in [0.25, 0.3) is 0 Å². The summed E-state index contributed by atoms with van der Waals surface area (Å²) in [6.45, 7) is 8.77. The lowest BCUT2D eigenvalue weighted by Gasteiger charge is -2.28.